The lowest BCUT2D eigenvalue weighted by Gasteiger charge is -2.05. The summed E-state index contributed by atoms with van der Waals surface area (Å²) in [4.78, 5) is 21.3. The molecule has 0 radical (unpaired) electrons. The highest BCUT2D eigenvalue weighted by atomic mass is 16.4. The van der Waals surface area contributed by atoms with Crippen molar-refractivity contribution in [1.82, 2.24) is 10.6 Å². The van der Waals surface area contributed by atoms with Gasteiger partial charge in [0.05, 0.1) is 6.54 Å². The smallest absolute Gasteiger partial charge is 0.303 e. The summed E-state index contributed by atoms with van der Waals surface area (Å²) in [6, 6.07) is 0. The van der Waals surface area contributed by atoms with Crippen LogP contribution in [0.2, 0.25) is 0 Å². The van der Waals surface area contributed by atoms with E-state index in [-0.39, 0.29) is 12.3 Å². The highest BCUT2D eigenvalue weighted by Crippen LogP contribution is 2.27. The first-order valence-corrected chi connectivity index (χ1v) is 5.37. The van der Waals surface area contributed by atoms with Crippen LogP contribution in [-0.2, 0) is 9.59 Å². The minimum Gasteiger partial charge on any atom is -0.481 e. The number of carbonyl (C=O) groups excluding carboxylic acids is 1. The normalized spacial score (nSPS) is 14.9. The van der Waals surface area contributed by atoms with E-state index in [1.807, 2.05) is 0 Å². The van der Waals surface area contributed by atoms with Crippen LogP contribution < -0.4 is 10.6 Å². The van der Waals surface area contributed by atoms with E-state index in [9.17, 15) is 9.59 Å². The van der Waals surface area contributed by atoms with Crippen molar-refractivity contribution in [2.45, 2.75) is 25.7 Å². The fraction of sp³-hybridized carbons (Fsp3) is 0.800. The Morgan fingerprint density at radius 3 is 2.67 bits per heavy atom. The lowest BCUT2D eigenvalue weighted by atomic mass is 10.3. The van der Waals surface area contributed by atoms with Crippen LogP contribution in [0.5, 0.6) is 0 Å². The number of hydrogen-bond acceptors (Lipinski definition) is 3. The van der Waals surface area contributed by atoms with E-state index in [1.54, 1.807) is 0 Å². The number of aliphatic carboxylic acids is 1. The van der Waals surface area contributed by atoms with Gasteiger partial charge >= 0.3 is 5.97 Å². The van der Waals surface area contributed by atoms with Crippen LogP contribution in [0.1, 0.15) is 25.7 Å². The monoisotopic (exact) mass is 214 g/mol. The SMILES string of the molecule is O=C(O)CCCNC(=O)CNCC1CC1. The van der Waals surface area contributed by atoms with Gasteiger partial charge in [-0.05, 0) is 31.7 Å². The van der Waals surface area contributed by atoms with Gasteiger partial charge in [-0.25, -0.2) is 0 Å². The molecule has 0 heterocycles. The van der Waals surface area contributed by atoms with Gasteiger partial charge in [-0.15, -0.1) is 0 Å². The summed E-state index contributed by atoms with van der Waals surface area (Å²) in [6.45, 7) is 1.70. The summed E-state index contributed by atoms with van der Waals surface area (Å²) in [5.41, 5.74) is 0. The van der Waals surface area contributed by atoms with E-state index >= 15 is 0 Å². The zero-order valence-electron chi connectivity index (χ0n) is 8.79. The Kier molecular flexibility index (Phi) is 5.10. The van der Waals surface area contributed by atoms with Gasteiger partial charge in [-0.1, -0.05) is 0 Å². The average Bonchev–Trinajstić information content (AvgIpc) is 2.96. The van der Waals surface area contributed by atoms with E-state index in [2.05, 4.69) is 10.6 Å². The van der Waals surface area contributed by atoms with Crippen LogP contribution in [0.15, 0.2) is 0 Å². The predicted molar refractivity (Wildman–Crippen MR) is 55.5 cm³/mol. The fourth-order valence-corrected chi connectivity index (χ4v) is 1.24. The lowest BCUT2D eigenvalue weighted by Crippen LogP contribution is -2.35. The summed E-state index contributed by atoms with van der Waals surface area (Å²) < 4.78 is 0. The summed E-state index contributed by atoms with van der Waals surface area (Å²) in [7, 11) is 0. The van der Waals surface area contributed by atoms with E-state index in [0.717, 1.165) is 12.5 Å². The van der Waals surface area contributed by atoms with Gasteiger partial charge in [0.1, 0.15) is 0 Å². The number of amides is 1. The molecule has 1 rings (SSSR count). The molecule has 1 aliphatic rings. The molecule has 86 valence electrons. The molecule has 0 aromatic rings. The summed E-state index contributed by atoms with van der Waals surface area (Å²) in [5, 5.41) is 14.1. The van der Waals surface area contributed by atoms with Gasteiger partial charge in [0.15, 0.2) is 0 Å². The van der Waals surface area contributed by atoms with Crippen molar-refractivity contribution < 1.29 is 14.7 Å². The second-order valence-electron chi connectivity index (χ2n) is 3.92. The maximum absolute atomic E-state index is 11.2. The van der Waals surface area contributed by atoms with Crippen molar-refractivity contribution in [1.29, 1.82) is 0 Å². The lowest BCUT2D eigenvalue weighted by molar-refractivity contribution is -0.137. The molecule has 0 aromatic carbocycles. The molecule has 1 fully saturated rings. The Bertz CT molecular complexity index is 227. The number of nitrogens with one attached hydrogen (secondary N) is 2. The van der Waals surface area contributed by atoms with Gasteiger partial charge in [0, 0.05) is 13.0 Å². The molecule has 0 atom stereocenters. The molecule has 1 aliphatic carbocycles. The van der Waals surface area contributed by atoms with Crippen LogP contribution >= 0.6 is 0 Å². The zero-order valence-corrected chi connectivity index (χ0v) is 8.79. The van der Waals surface area contributed by atoms with Crippen LogP contribution in [0.4, 0.5) is 0 Å². The maximum atomic E-state index is 11.2. The molecule has 1 saturated carbocycles. The Labute approximate surface area is 89.2 Å². The molecule has 0 spiro atoms. The van der Waals surface area contributed by atoms with Crippen LogP contribution in [0, 0.1) is 5.92 Å². The molecule has 0 aromatic heterocycles. The van der Waals surface area contributed by atoms with Crippen molar-refractivity contribution in [2.75, 3.05) is 19.6 Å². The van der Waals surface area contributed by atoms with Gasteiger partial charge < -0.3 is 15.7 Å². The Hall–Kier alpha value is -1.10. The first-order chi connectivity index (χ1) is 7.18. The van der Waals surface area contributed by atoms with Crippen LogP contribution in [0.3, 0.4) is 0 Å². The van der Waals surface area contributed by atoms with E-state index in [1.165, 1.54) is 12.8 Å². The minimum absolute atomic E-state index is 0.0546. The summed E-state index contributed by atoms with van der Waals surface area (Å²) in [6.07, 6.45) is 3.14. The molecule has 0 aliphatic heterocycles. The van der Waals surface area contributed by atoms with Crippen LogP contribution in [-0.4, -0.2) is 36.6 Å². The summed E-state index contributed by atoms with van der Waals surface area (Å²) >= 11 is 0. The summed E-state index contributed by atoms with van der Waals surface area (Å²) in [5.74, 6) is -0.109. The molecular weight excluding hydrogens is 196 g/mol. The van der Waals surface area contributed by atoms with Gasteiger partial charge in [-0.2, -0.15) is 0 Å². The highest BCUT2D eigenvalue weighted by molar-refractivity contribution is 5.78. The van der Waals surface area contributed by atoms with Crippen LogP contribution in [0.25, 0.3) is 0 Å². The molecule has 5 nitrogen and oxygen atoms in total. The second-order valence-corrected chi connectivity index (χ2v) is 3.92. The first kappa shape index (κ1) is 12.0. The average molecular weight is 214 g/mol. The molecule has 1 amide bonds. The third-order valence-electron chi connectivity index (χ3n) is 2.31. The third-order valence-corrected chi connectivity index (χ3v) is 2.31. The molecular formula is C10H18N2O3. The molecule has 3 N–H and O–H groups in total. The van der Waals surface area contributed by atoms with Crippen molar-refractivity contribution in [2.24, 2.45) is 5.92 Å². The molecule has 0 unspecified atom stereocenters. The van der Waals surface area contributed by atoms with Crippen molar-refractivity contribution in [3.8, 4) is 0 Å². The van der Waals surface area contributed by atoms with E-state index < -0.39 is 5.97 Å². The first-order valence-electron chi connectivity index (χ1n) is 5.37. The second kappa shape index (κ2) is 6.40. The van der Waals surface area contributed by atoms with Gasteiger partial charge in [0.2, 0.25) is 5.91 Å². The number of hydrogen-bond donors (Lipinski definition) is 3. The van der Waals surface area contributed by atoms with Crippen molar-refractivity contribution in [3.05, 3.63) is 0 Å². The molecule has 5 heteroatoms. The number of rotatable bonds is 8. The van der Waals surface area contributed by atoms with Gasteiger partial charge in [-0.3, -0.25) is 9.59 Å². The Morgan fingerprint density at radius 2 is 2.07 bits per heavy atom. The number of carboxylic acids is 1. The number of carboxylic acid groups (broad SMARTS) is 1. The van der Waals surface area contributed by atoms with Crippen molar-refractivity contribution >= 4 is 11.9 Å². The van der Waals surface area contributed by atoms with E-state index in [0.29, 0.717) is 19.5 Å². The standard InChI is InChI=1S/C10H18N2O3/c13-9(7-11-6-8-3-4-8)12-5-1-2-10(14)15/h8,11H,1-7H2,(H,12,13)(H,14,15). The Balaban J connectivity index is 1.86. The minimum atomic E-state index is -0.823. The third kappa shape index (κ3) is 6.90. The highest BCUT2D eigenvalue weighted by Gasteiger charge is 2.20. The van der Waals surface area contributed by atoms with E-state index in [4.69, 9.17) is 5.11 Å². The predicted octanol–water partition coefficient (Wildman–Crippen LogP) is -0.0330. The maximum Gasteiger partial charge on any atom is 0.303 e. The quantitative estimate of drug-likeness (QED) is 0.496. The number of carbonyl (C=O) groups is 2. The topological polar surface area (TPSA) is 78.4 Å². The Morgan fingerprint density at radius 1 is 1.33 bits per heavy atom. The van der Waals surface area contributed by atoms with Crippen molar-refractivity contribution in [3.63, 3.8) is 0 Å². The molecule has 0 bridgehead atoms. The zero-order chi connectivity index (χ0) is 11.1. The largest absolute Gasteiger partial charge is 0.481 e. The fourth-order valence-electron chi connectivity index (χ4n) is 1.24. The molecule has 15 heavy (non-hydrogen) atoms. The molecule has 0 saturated heterocycles. The van der Waals surface area contributed by atoms with Gasteiger partial charge in [0.25, 0.3) is 0 Å².